The summed E-state index contributed by atoms with van der Waals surface area (Å²) in [5.41, 5.74) is 6.36. The van der Waals surface area contributed by atoms with Crippen LogP contribution in [0.25, 0.3) is 0 Å². The third-order valence-corrected chi connectivity index (χ3v) is 4.70. The summed E-state index contributed by atoms with van der Waals surface area (Å²) in [4.78, 5) is 0.131. The molecule has 0 spiro atoms. The van der Waals surface area contributed by atoms with Crippen LogP contribution in [-0.2, 0) is 16.6 Å². The van der Waals surface area contributed by atoms with Crippen molar-refractivity contribution in [3.8, 4) is 5.75 Å². The van der Waals surface area contributed by atoms with Gasteiger partial charge < -0.3 is 10.5 Å². The van der Waals surface area contributed by atoms with Gasteiger partial charge in [0.05, 0.1) is 22.7 Å². The molecule has 0 saturated heterocycles. The maximum absolute atomic E-state index is 12.5. The first-order valence-corrected chi connectivity index (χ1v) is 7.98. The summed E-state index contributed by atoms with van der Waals surface area (Å²) in [5.74, 6) is 0.504. The Kier molecular flexibility index (Phi) is 4.72. The molecule has 0 atom stereocenters. The van der Waals surface area contributed by atoms with Crippen LogP contribution in [0.3, 0.4) is 0 Å². The lowest BCUT2D eigenvalue weighted by atomic mass is 10.2. The fourth-order valence-corrected chi connectivity index (χ4v) is 3.39. The standard InChI is InChI=1S/C14H15ClN2O3S/c1-20-11-6-7-12(15)13(8-11)17-21(18,19)14-5-3-2-4-10(14)9-16/h2-8,17H,9,16H2,1H3. The highest BCUT2D eigenvalue weighted by Crippen LogP contribution is 2.29. The Morgan fingerprint density at radius 1 is 1.24 bits per heavy atom. The molecule has 0 heterocycles. The van der Waals surface area contributed by atoms with E-state index >= 15 is 0 Å². The molecule has 0 aliphatic carbocycles. The minimum absolute atomic E-state index is 0.128. The van der Waals surface area contributed by atoms with Gasteiger partial charge in [0.2, 0.25) is 0 Å². The molecule has 0 saturated carbocycles. The first-order chi connectivity index (χ1) is 9.97. The van der Waals surface area contributed by atoms with Gasteiger partial charge in [0.15, 0.2) is 0 Å². The third kappa shape index (κ3) is 3.47. The molecular formula is C14H15ClN2O3S. The summed E-state index contributed by atoms with van der Waals surface area (Å²) in [6, 6.07) is 11.3. The van der Waals surface area contributed by atoms with Crippen molar-refractivity contribution < 1.29 is 13.2 Å². The lowest BCUT2D eigenvalue weighted by molar-refractivity contribution is 0.415. The predicted molar refractivity (Wildman–Crippen MR) is 83.1 cm³/mol. The first-order valence-electron chi connectivity index (χ1n) is 6.12. The highest BCUT2D eigenvalue weighted by molar-refractivity contribution is 7.92. The monoisotopic (exact) mass is 326 g/mol. The Labute approximate surface area is 128 Å². The van der Waals surface area contributed by atoms with Gasteiger partial charge in [-0.15, -0.1) is 0 Å². The van der Waals surface area contributed by atoms with Crippen molar-refractivity contribution in [3.63, 3.8) is 0 Å². The molecule has 0 aliphatic rings. The molecule has 0 unspecified atom stereocenters. The van der Waals surface area contributed by atoms with Crippen LogP contribution >= 0.6 is 11.6 Å². The van der Waals surface area contributed by atoms with Crippen molar-refractivity contribution in [1.82, 2.24) is 0 Å². The number of methoxy groups -OCH3 is 1. The second-order valence-corrected chi connectivity index (χ2v) is 6.32. The molecule has 2 aromatic rings. The number of sulfonamides is 1. The van der Waals surface area contributed by atoms with Gasteiger partial charge in [-0.25, -0.2) is 8.42 Å². The zero-order valence-electron chi connectivity index (χ0n) is 11.3. The average molecular weight is 327 g/mol. The number of ether oxygens (including phenoxy) is 1. The number of nitrogens with two attached hydrogens (primary N) is 1. The Balaban J connectivity index is 2.42. The summed E-state index contributed by atoms with van der Waals surface area (Å²) >= 11 is 6.01. The minimum atomic E-state index is -3.77. The Morgan fingerprint density at radius 3 is 2.62 bits per heavy atom. The van der Waals surface area contributed by atoms with E-state index in [1.165, 1.54) is 19.2 Å². The van der Waals surface area contributed by atoms with Crippen LogP contribution in [0.4, 0.5) is 5.69 Å². The summed E-state index contributed by atoms with van der Waals surface area (Å²) in [7, 11) is -2.28. The lowest BCUT2D eigenvalue weighted by Gasteiger charge is -2.13. The van der Waals surface area contributed by atoms with Gasteiger partial charge in [0.25, 0.3) is 10.0 Å². The topological polar surface area (TPSA) is 81.4 Å². The molecule has 0 radical (unpaired) electrons. The molecule has 0 aromatic heterocycles. The van der Waals surface area contributed by atoms with Gasteiger partial charge in [-0.3, -0.25) is 4.72 Å². The van der Waals surface area contributed by atoms with Crippen molar-refractivity contribution in [2.24, 2.45) is 5.73 Å². The molecule has 3 N–H and O–H groups in total. The number of nitrogens with one attached hydrogen (secondary N) is 1. The van der Waals surface area contributed by atoms with E-state index in [9.17, 15) is 8.42 Å². The molecule has 0 fully saturated rings. The maximum Gasteiger partial charge on any atom is 0.262 e. The van der Waals surface area contributed by atoms with E-state index in [1.54, 1.807) is 30.3 Å². The fourth-order valence-electron chi connectivity index (χ4n) is 1.84. The van der Waals surface area contributed by atoms with Crippen molar-refractivity contribution >= 4 is 27.3 Å². The van der Waals surface area contributed by atoms with E-state index in [1.807, 2.05) is 0 Å². The van der Waals surface area contributed by atoms with Crippen LogP contribution in [-0.4, -0.2) is 15.5 Å². The number of hydrogen-bond donors (Lipinski definition) is 2. The van der Waals surface area contributed by atoms with Crippen molar-refractivity contribution in [2.45, 2.75) is 11.4 Å². The highest BCUT2D eigenvalue weighted by atomic mass is 35.5. The van der Waals surface area contributed by atoms with E-state index in [0.717, 1.165) is 0 Å². The zero-order chi connectivity index (χ0) is 15.5. The van der Waals surface area contributed by atoms with E-state index in [4.69, 9.17) is 22.1 Å². The smallest absolute Gasteiger partial charge is 0.262 e. The SMILES string of the molecule is COc1ccc(Cl)c(NS(=O)(=O)c2ccccc2CN)c1. The van der Waals surface area contributed by atoms with Gasteiger partial charge in [-0.1, -0.05) is 29.8 Å². The number of anilines is 1. The van der Waals surface area contributed by atoms with Crippen molar-refractivity contribution in [1.29, 1.82) is 0 Å². The molecule has 5 nitrogen and oxygen atoms in total. The summed E-state index contributed by atoms with van der Waals surface area (Å²) in [5, 5.41) is 0.282. The Bertz CT molecular complexity index is 748. The van der Waals surface area contributed by atoms with Gasteiger partial charge in [-0.05, 0) is 23.8 Å². The van der Waals surface area contributed by atoms with Gasteiger partial charge in [-0.2, -0.15) is 0 Å². The highest BCUT2D eigenvalue weighted by Gasteiger charge is 2.19. The molecular weight excluding hydrogens is 312 g/mol. The first kappa shape index (κ1) is 15.6. The molecule has 2 aromatic carbocycles. The summed E-state index contributed by atoms with van der Waals surface area (Å²) < 4.78 is 32.5. The maximum atomic E-state index is 12.5. The second kappa shape index (κ2) is 6.34. The van der Waals surface area contributed by atoms with Crippen LogP contribution in [0.2, 0.25) is 5.02 Å². The zero-order valence-corrected chi connectivity index (χ0v) is 12.9. The van der Waals surface area contributed by atoms with Gasteiger partial charge in [0.1, 0.15) is 5.75 Å². The van der Waals surface area contributed by atoms with Crippen molar-refractivity contribution in [2.75, 3.05) is 11.8 Å². The molecule has 2 rings (SSSR count). The molecule has 0 aliphatic heterocycles. The molecule has 7 heteroatoms. The van der Waals surface area contributed by atoms with E-state index < -0.39 is 10.0 Å². The van der Waals surface area contributed by atoms with Gasteiger partial charge in [0, 0.05) is 12.6 Å². The Morgan fingerprint density at radius 2 is 1.95 bits per heavy atom. The van der Waals surface area contributed by atoms with Crippen LogP contribution in [0.15, 0.2) is 47.4 Å². The lowest BCUT2D eigenvalue weighted by Crippen LogP contribution is -2.16. The quantitative estimate of drug-likeness (QED) is 0.885. The van der Waals surface area contributed by atoms with Gasteiger partial charge >= 0.3 is 0 Å². The normalized spacial score (nSPS) is 11.2. The number of halogens is 1. The fraction of sp³-hybridized carbons (Fsp3) is 0.143. The van der Waals surface area contributed by atoms with E-state index in [0.29, 0.717) is 11.3 Å². The van der Waals surface area contributed by atoms with Crippen LogP contribution < -0.4 is 15.2 Å². The summed E-state index contributed by atoms with van der Waals surface area (Å²) in [6.07, 6.45) is 0. The van der Waals surface area contributed by atoms with Crippen LogP contribution in [0.5, 0.6) is 5.75 Å². The van der Waals surface area contributed by atoms with Crippen LogP contribution in [0.1, 0.15) is 5.56 Å². The Hall–Kier alpha value is -1.76. The average Bonchev–Trinajstić information content (AvgIpc) is 2.49. The molecule has 112 valence electrons. The minimum Gasteiger partial charge on any atom is -0.497 e. The largest absolute Gasteiger partial charge is 0.497 e. The molecule has 0 bridgehead atoms. The molecule has 21 heavy (non-hydrogen) atoms. The number of benzene rings is 2. The molecule has 0 amide bonds. The summed E-state index contributed by atoms with van der Waals surface area (Å²) in [6.45, 7) is 0.128. The second-order valence-electron chi connectivity index (χ2n) is 4.26. The predicted octanol–water partition coefficient (Wildman–Crippen LogP) is 2.61. The third-order valence-electron chi connectivity index (χ3n) is 2.90. The van der Waals surface area contributed by atoms with E-state index in [2.05, 4.69) is 4.72 Å². The van der Waals surface area contributed by atoms with E-state index in [-0.39, 0.29) is 22.2 Å². The number of rotatable bonds is 5. The number of hydrogen-bond acceptors (Lipinski definition) is 4. The van der Waals surface area contributed by atoms with Crippen LogP contribution in [0, 0.1) is 0 Å². The van der Waals surface area contributed by atoms with Crippen molar-refractivity contribution in [3.05, 3.63) is 53.1 Å².